The third kappa shape index (κ3) is 2.62. The Morgan fingerprint density at radius 1 is 1.12 bits per heavy atom. The molecule has 0 saturated heterocycles. The number of hydrogen-bond acceptors (Lipinski definition) is 3. The molecule has 0 spiro atoms. The fraction of sp³-hybridized carbons (Fsp3) is 0.231. The highest BCUT2D eigenvalue weighted by Crippen LogP contribution is 2.16. The van der Waals surface area contributed by atoms with E-state index in [-0.39, 0.29) is 0 Å². The van der Waals surface area contributed by atoms with Crippen LogP contribution in [0, 0.1) is 6.92 Å². The van der Waals surface area contributed by atoms with Gasteiger partial charge < -0.3 is 10.4 Å². The van der Waals surface area contributed by atoms with E-state index in [9.17, 15) is 5.11 Å². The van der Waals surface area contributed by atoms with E-state index in [1.54, 1.807) is 17.4 Å². The van der Waals surface area contributed by atoms with Crippen molar-refractivity contribution in [2.75, 3.05) is 0 Å². The molecule has 0 amide bonds. The smallest absolute Gasteiger partial charge is 0.120 e. The maximum absolute atomic E-state index is 9.58. The third-order valence-electron chi connectivity index (χ3n) is 2.58. The number of rotatable bonds is 4. The second-order valence-corrected chi connectivity index (χ2v) is 4.56. The lowest BCUT2D eigenvalue weighted by atomic mass is 10.2. The van der Waals surface area contributed by atoms with Crippen LogP contribution in [0.2, 0.25) is 0 Å². The van der Waals surface area contributed by atoms with E-state index >= 15 is 0 Å². The van der Waals surface area contributed by atoms with Crippen molar-refractivity contribution in [1.82, 2.24) is 5.32 Å². The molecular weight excluding hydrogens is 218 g/mol. The molecule has 2 nitrogen and oxygen atoms in total. The van der Waals surface area contributed by atoms with Crippen molar-refractivity contribution in [3.05, 3.63) is 51.7 Å². The molecule has 0 aliphatic carbocycles. The summed E-state index contributed by atoms with van der Waals surface area (Å²) in [7, 11) is 0. The Hall–Kier alpha value is -1.32. The van der Waals surface area contributed by atoms with Gasteiger partial charge in [0.15, 0.2) is 0 Å². The van der Waals surface area contributed by atoms with Crippen molar-refractivity contribution >= 4 is 11.3 Å². The van der Waals surface area contributed by atoms with Crippen LogP contribution in [0.15, 0.2) is 35.0 Å². The Balaban J connectivity index is 1.89. The molecule has 2 aromatic rings. The molecule has 2 N–H and O–H groups in total. The SMILES string of the molecule is Cc1cscc1CNCc1ccccc1O. The van der Waals surface area contributed by atoms with Crippen LogP contribution in [0.5, 0.6) is 5.75 Å². The molecule has 0 aliphatic heterocycles. The van der Waals surface area contributed by atoms with Gasteiger partial charge in [0.25, 0.3) is 0 Å². The largest absolute Gasteiger partial charge is 0.508 e. The summed E-state index contributed by atoms with van der Waals surface area (Å²) in [5.74, 6) is 0.358. The minimum Gasteiger partial charge on any atom is -0.508 e. The maximum Gasteiger partial charge on any atom is 0.120 e. The van der Waals surface area contributed by atoms with Crippen LogP contribution in [-0.2, 0) is 13.1 Å². The molecule has 3 heteroatoms. The molecule has 0 atom stereocenters. The number of aromatic hydroxyl groups is 1. The average Bonchev–Trinajstić information content (AvgIpc) is 2.67. The Labute approximate surface area is 99.6 Å². The Kier molecular flexibility index (Phi) is 3.59. The predicted molar refractivity (Wildman–Crippen MR) is 67.7 cm³/mol. The second kappa shape index (κ2) is 5.14. The minimum absolute atomic E-state index is 0.358. The molecule has 1 aromatic heterocycles. The first-order chi connectivity index (χ1) is 7.77. The van der Waals surface area contributed by atoms with Gasteiger partial charge in [-0.05, 0) is 34.9 Å². The van der Waals surface area contributed by atoms with Gasteiger partial charge in [-0.15, -0.1) is 0 Å². The van der Waals surface area contributed by atoms with Crippen LogP contribution in [0.3, 0.4) is 0 Å². The topological polar surface area (TPSA) is 32.3 Å². The van der Waals surface area contributed by atoms with Crippen LogP contribution >= 0.6 is 11.3 Å². The normalized spacial score (nSPS) is 10.6. The minimum atomic E-state index is 0.358. The summed E-state index contributed by atoms with van der Waals surface area (Å²) in [4.78, 5) is 0. The number of benzene rings is 1. The molecule has 1 heterocycles. The molecular formula is C13H15NOS. The number of nitrogens with one attached hydrogen (secondary N) is 1. The Bertz CT molecular complexity index is 464. The first kappa shape index (κ1) is 11.2. The van der Waals surface area contributed by atoms with Gasteiger partial charge in [-0.2, -0.15) is 11.3 Å². The lowest BCUT2D eigenvalue weighted by molar-refractivity contribution is 0.464. The molecule has 1 aromatic carbocycles. The monoisotopic (exact) mass is 233 g/mol. The van der Waals surface area contributed by atoms with Gasteiger partial charge in [0, 0.05) is 18.7 Å². The third-order valence-corrected chi connectivity index (χ3v) is 3.49. The Morgan fingerprint density at radius 2 is 1.88 bits per heavy atom. The molecule has 0 bridgehead atoms. The molecule has 0 aliphatic rings. The molecule has 0 fully saturated rings. The molecule has 0 radical (unpaired) electrons. The van der Waals surface area contributed by atoms with Gasteiger partial charge in [0.2, 0.25) is 0 Å². The summed E-state index contributed by atoms with van der Waals surface area (Å²) < 4.78 is 0. The molecule has 0 unspecified atom stereocenters. The van der Waals surface area contributed by atoms with Gasteiger partial charge in [0.05, 0.1) is 0 Å². The molecule has 2 rings (SSSR count). The van der Waals surface area contributed by atoms with Crippen LogP contribution in [-0.4, -0.2) is 5.11 Å². The first-order valence-corrected chi connectivity index (χ1v) is 6.21. The molecule has 84 valence electrons. The average molecular weight is 233 g/mol. The number of thiophene rings is 1. The Morgan fingerprint density at radius 3 is 2.56 bits per heavy atom. The van der Waals surface area contributed by atoms with E-state index in [4.69, 9.17) is 0 Å². The highest BCUT2D eigenvalue weighted by molar-refractivity contribution is 7.08. The number of phenolic OH excluding ortho intramolecular Hbond substituents is 1. The summed E-state index contributed by atoms with van der Waals surface area (Å²) in [5, 5.41) is 17.2. The van der Waals surface area contributed by atoms with Crippen molar-refractivity contribution < 1.29 is 5.11 Å². The van der Waals surface area contributed by atoms with Crippen molar-refractivity contribution in [1.29, 1.82) is 0 Å². The molecule has 0 saturated carbocycles. The second-order valence-electron chi connectivity index (χ2n) is 3.81. The van der Waals surface area contributed by atoms with Crippen molar-refractivity contribution in [2.45, 2.75) is 20.0 Å². The quantitative estimate of drug-likeness (QED) is 0.850. The van der Waals surface area contributed by atoms with E-state index in [1.165, 1.54) is 11.1 Å². The van der Waals surface area contributed by atoms with Crippen LogP contribution in [0.25, 0.3) is 0 Å². The summed E-state index contributed by atoms with van der Waals surface area (Å²) in [6.07, 6.45) is 0. The summed E-state index contributed by atoms with van der Waals surface area (Å²) in [5.41, 5.74) is 3.60. The number of para-hydroxylation sites is 1. The van der Waals surface area contributed by atoms with Gasteiger partial charge in [0.1, 0.15) is 5.75 Å². The van der Waals surface area contributed by atoms with Gasteiger partial charge in [-0.1, -0.05) is 18.2 Å². The fourth-order valence-electron chi connectivity index (χ4n) is 1.56. The zero-order valence-corrected chi connectivity index (χ0v) is 10.1. The summed E-state index contributed by atoms with van der Waals surface area (Å²) in [6.45, 7) is 3.67. The maximum atomic E-state index is 9.58. The van der Waals surface area contributed by atoms with E-state index in [2.05, 4.69) is 23.0 Å². The van der Waals surface area contributed by atoms with Crippen molar-refractivity contribution in [3.8, 4) is 5.75 Å². The highest BCUT2D eigenvalue weighted by atomic mass is 32.1. The lowest BCUT2D eigenvalue weighted by Crippen LogP contribution is -2.12. The van der Waals surface area contributed by atoms with E-state index in [0.29, 0.717) is 12.3 Å². The van der Waals surface area contributed by atoms with Gasteiger partial charge in [-0.25, -0.2) is 0 Å². The van der Waals surface area contributed by atoms with Crippen molar-refractivity contribution in [3.63, 3.8) is 0 Å². The highest BCUT2D eigenvalue weighted by Gasteiger charge is 2.01. The van der Waals surface area contributed by atoms with Crippen molar-refractivity contribution in [2.24, 2.45) is 0 Å². The standard InChI is InChI=1S/C13H15NOS/c1-10-8-16-9-12(10)7-14-6-11-4-2-3-5-13(11)15/h2-5,8-9,14-15H,6-7H2,1H3. The fourth-order valence-corrected chi connectivity index (χ4v) is 2.42. The first-order valence-electron chi connectivity index (χ1n) is 5.26. The zero-order chi connectivity index (χ0) is 11.4. The van der Waals surface area contributed by atoms with Gasteiger partial charge >= 0.3 is 0 Å². The van der Waals surface area contributed by atoms with Crippen LogP contribution in [0.4, 0.5) is 0 Å². The summed E-state index contributed by atoms with van der Waals surface area (Å²) in [6, 6.07) is 7.42. The van der Waals surface area contributed by atoms with Crippen LogP contribution in [0.1, 0.15) is 16.7 Å². The number of hydrogen-bond donors (Lipinski definition) is 2. The van der Waals surface area contributed by atoms with Crippen LogP contribution < -0.4 is 5.32 Å². The molecule has 16 heavy (non-hydrogen) atoms. The summed E-state index contributed by atoms with van der Waals surface area (Å²) >= 11 is 1.73. The van der Waals surface area contributed by atoms with Gasteiger partial charge in [-0.3, -0.25) is 0 Å². The zero-order valence-electron chi connectivity index (χ0n) is 9.23. The van der Waals surface area contributed by atoms with E-state index in [1.807, 2.05) is 18.2 Å². The number of phenols is 1. The lowest BCUT2D eigenvalue weighted by Gasteiger charge is -2.06. The van der Waals surface area contributed by atoms with E-state index in [0.717, 1.165) is 12.1 Å². The number of aryl methyl sites for hydroxylation is 1. The predicted octanol–water partition coefficient (Wildman–Crippen LogP) is 3.05. The van der Waals surface area contributed by atoms with E-state index < -0.39 is 0 Å².